The van der Waals surface area contributed by atoms with Gasteiger partial charge in [0.15, 0.2) is 5.78 Å². The van der Waals surface area contributed by atoms with Gasteiger partial charge in [0.1, 0.15) is 11.5 Å². The van der Waals surface area contributed by atoms with E-state index in [1.807, 2.05) is 13.0 Å². The summed E-state index contributed by atoms with van der Waals surface area (Å²) in [6.07, 6.45) is 2.29. The number of nitrogens with zero attached hydrogens (tertiary/aromatic N) is 1. The van der Waals surface area contributed by atoms with Crippen LogP contribution in [-0.4, -0.2) is 10.8 Å². The Hall–Kier alpha value is -1.74. The molecule has 4 heteroatoms. The largest absolute Gasteiger partial charge is 0.292 e. The fourth-order valence-electron chi connectivity index (χ4n) is 1.90. The molecule has 0 atom stereocenters. The number of pyridine rings is 1. The molecule has 0 spiro atoms. The van der Waals surface area contributed by atoms with E-state index in [1.54, 1.807) is 18.3 Å². The zero-order valence-electron chi connectivity index (χ0n) is 10.5. The summed E-state index contributed by atoms with van der Waals surface area (Å²) in [5.41, 5.74) is 1.63. The predicted octanol–water partition coefficient (Wildman–Crippen LogP) is 3.86. The van der Waals surface area contributed by atoms with Gasteiger partial charge in [-0.15, -0.1) is 0 Å². The van der Waals surface area contributed by atoms with Crippen molar-refractivity contribution in [3.8, 4) is 0 Å². The van der Waals surface area contributed by atoms with Crippen molar-refractivity contribution in [2.24, 2.45) is 0 Å². The molecular formula is C15H13ClFNO. The molecule has 1 aromatic carbocycles. The normalized spacial score (nSPS) is 10.5. The van der Waals surface area contributed by atoms with Crippen molar-refractivity contribution >= 4 is 17.4 Å². The van der Waals surface area contributed by atoms with Gasteiger partial charge in [0.05, 0.1) is 0 Å². The van der Waals surface area contributed by atoms with Crippen LogP contribution in [0.15, 0.2) is 36.5 Å². The maximum atomic E-state index is 13.7. The number of Topliss-reactive ketones (excluding diaryl/α,β-unsaturated/α-hetero) is 1. The van der Waals surface area contributed by atoms with Crippen molar-refractivity contribution in [2.75, 3.05) is 0 Å². The lowest BCUT2D eigenvalue weighted by atomic mass is 10.0. The van der Waals surface area contributed by atoms with Crippen molar-refractivity contribution in [1.29, 1.82) is 0 Å². The van der Waals surface area contributed by atoms with Crippen LogP contribution in [-0.2, 0) is 12.8 Å². The van der Waals surface area contributed by atoms with Crippen LogP contribution in [0.2, 0.25) is 5.02 Å². The molecule has 0 amide bonds. The third kappa shape index (κ3) is 3.18. The molecule has 0 bridgehead atoms. The van der Waals surface area contributed by atoms with Crippen molar-refractivity contribution < 1.29 is 9.18 Å². The molecule has 0 aliphatic rings. The van der Waals surface area contributed by atoms with Gasteiger partial charge in [-0.2, -0.15) is 0 Å². The molecule has 0 N–H and O–H groups in total. The number of hydrogen-bond acceptors (Lipinski definition) is 2. The van der Waals surface area contributed by atoms with E-state index in [1.165, 1.54) is 12.1 Å². The quantitative estimate of drug-likeness (QED) is 0.794. The number of carbonyl (C=O) groups excluding carboxylic acids is 1. The second kappa shape index (κ2) is 5.93. The summed E-state index contributed by atoms with van der Waals surface area (Å²) in [7, 11) is 0. The van der Waals surface area contributed by atoms with Gasteiger partial charge in [-0.05, 0) is 35.7 Å². The Balaban J connectivity index is 2.26. The molecule has 0 radical (unpaired) electrons. The molecule has 2 rings (SSSR count). The molecular weight excluding hydrogens is 265 g/mol. The van der Waals surface area contributed by atoms with Gasteiger partial charge in [0.2, 0.25) is 0 Å². The van der Waals surface area contributed by atoms with E-state index in [0.717, 1.165) is 12.0 Å². The summed E-state index contributed by atoms with van der Waals surface area (Å²) in [5, 5.41) is 0.320. The molecule has 1 heterocycles. The fraction of sp³-hybridized carbons (Fsp3) is 0.200. The van der Waals surface area contributed by atoms with E-state index in [0.29, 0.717) is 16.3 Å². The van der Waals surface area contributed by atoms with Crippen molar-refractivity contribution in [3.63, 3.8) is 0 Å². The molecule has 0 fully saturated rings. The lowest BCUT2D eigenvalue weighted by Crippen LogP contribution is -2.10. The van der Waals surface area contributed by atoms with Gasteiger partial charge in [-0.3, -0.25) is 9.78 Å². The number of benzene rings is 1. The van der Waals surface area contributed by atoms with Crippen LogP contribution in [0, 0.1) is 5.82 Å². The monoisotopic (exact) mass is 277 g/mol. The highest BCUT2D eigenvalue weighted by Crippen LogP contribution is 2.17. The van der Waals surface area contributed by atoms with Crippen LogP contribution in [0.1, 0.15) is 28.5 Å². The Bertz CT molecular complexity index is 613. The Morgan fingerprint density at radius 1 is 1.32 bits per heavy atom. The molecule has 0 aliphatic heterocycles. The third-order valence-corrected chi connectivity index (χ3v) is 3.14. The van der Waals surface area contributed by atoms with Crippen LogP contribution in [0.5, 0.6) is 0 Å². The minimum absolute atomic E-state index is 0.00693. The van der Waals surface area contributed by atoms with Gasteiger partial charge in [-0.25, -0.2) is 4.39 Å². The number of aryl methyl sites for hydroxylation is 1. The molecule has 0 unspecified atom stereocenters. The van der Waals surface area contributed by atoms with Crippen LogP contribution < -0.4 is 0 Å². The Morgan fingerprint density at radius 3 is 2.79 bits per heavy atom. The number of rotatable bonds is 4. The highest BCUT2D eigenvalue weighted by molar-refractivity contribution is 6.30. The maximum Gasteiger partial charge on any atom is 0.185 e. The minimum Gasteiger partial charge on any atom is -0.292 e. The SMILES string of the molecule is CCc1cccnc1C(=O)Cc1ccc(Cl)cc1F. The molecule has 0 aliphatic carbocycles. The third-order valence-electron chi connectivity index (χ3n) is 2.90. The van der Waals surface area contributed by atoms with Gasteiger partial charge in [0, 0.05) is 17.6 Å². The molecule has 98 valence electrons. The van der Waals surface area contributed by atoms with E-state index in [4.69, 9.17) is 11.6 Å². The zero-order chi connectivity index (χ0) is 13.8. The van der Waals surface area contributed by atoms with Crippen LogP contribution in [0.4, 0.5) is 4.39 Å². The smallest absolute Gasteiger partial charge is 0.185 e. The molecule has 1 aromatic heterocycles. The topological polar surface area (TPSA) is 30.0 Å². The summed E-state index contributed by atoms with van der Waals surface area (Å²) in [5.74, 6) is -0.645. The Morgan fingerprint density at radius 2 is 2.11 bits per heavy atom. The number of halogens is 2. The van der Waals surface area contributed by atoms with E-state index in [-0.39, 0.29) is 12.2 Å². The Kier molecular flexibility index (Phi) is 4.27. The molecule has 0 saturated carbocycles. The average Bonchev–Trinajstić information content (AvgIpc) is 2.41. The average molecular weight is 278 g/mol. The summed E-state index contributed by atoms with van der Waals surface area (Å²) in [6, 6.07) is 7.97. The number of ketones is 1. The van der Waals surface area contributed by atoms with Crippen molar-refractivity contribution in [3.05, 3.63) is 64.2 Å². The predicted molar refractivity (Wildman–Crippen MR) is 73.1 cm³/mol. The first kappa shape index (κ1) is 13.7. The molecule has 2 aromatic rings. The van der Waals surface area contributed by atoms with E-state index in [2.05, 4.69) is 4.98 Å². The number of aromatic nitrogens is 1. The second-order valence-corrected chi connectivity index (χ2v) is 4.64. The maximum absolute atomic E-state index is 13.7. The van der Waals surface area contributed by atoms with Gasteiger partial charge < -0.3 is 0 Å². The van der Waals surface area contributed by atoms with E-state index >= 15 is 0 Å². The van der Waals surface area contributed by atoms with Crippen LogP contribution >= 0.6 is 11.6 Å². The summed E-state index contributed by atoms with van der Waals surface area (Å²) in [4.78, 5) is 16.3. The highest BCUT2D eigenvalue weighted by atomic mass is 35.5. The van der Waals surface area contributed by atoms with Gasteiger partial charge in [-0.1, -0.05) is 30.7 Å². The zero-order valence-corrected chi connectivity index (χ0v) is 11.2. The Labute approximate surface area is 116 Å². The van der Waals surface area contributed by atoms with Crippen molar-refractivity contribution in [2.45, 2.75) is 19.8 Å². The summed E-state index contributed by atoms with van der Waals surface area (Å²) in [6.45, 7) is 1.96. The second-order valence-electron chi connectivity index (χ2n) is 4.20. The van der Waals surface area contributed by atoms with E-state index < -0.39 is 5.82 Å². The number of carbonyl (C=O) groups is 1. The molecule has 0 saturated heterocycles. The highest BCUT2D eigenvalue weighted by Gasteiger charge is 2.14. The standard InChI is InChI=1S/C15H13ClFNO/c1-2-10-4-3-7-18-15(10)14(19)8-11-5-6-12(16)9-13(11)17/h3-7,9H,2,8H2,1H3. The van der Waals surface area contributed by atoms with E-state index in [9.17, 15) is 9.18 Å². The first-order chi connectivity index (χ1) is 9.11. The van der Waals surface area contributed by atoms with Gasteiger partial charge >= 0.3 is 0 Å². The first-order valence-corrected chi connectivity index (χ1v) is 6.40. The lowest BCUT2D eigenvalue weighted by Gasteiger charge is -2.06. The molecule has 19 heavy (non-hydrogen) atoms. The van der Waals surface area contributed by atoms with Crippen LogP contribution in [0.3, 0.4) is 0 Å². The summed E-state index contributed by atoms with van der Waals surface area (Å²) < 4.78 is 13.7. The summed E-state index contributed by atoms with van der Waals surface area (Å²) >= 11 is 5.68. The molecule has 2 nitrogen and oxygen atoms in total. The first-order valence-electron chi connectivity index (χ1n) is 6.03. The lowest BCUT2D eigenvalue weighted by molar-refractivity contribution is 0.0986. The van der Waals surface area contributed by atoms with Crippen molar-refractivity contribution in [1.82, 2.24) is 4.98 Å². The van der Waals surface area contributed by atoms with Crippen LogP contribution in [0.25, 0.3) is 0 Å². The fourth-order valence-corrected chi connectivity index (χ4v) is 2.06. The number of hydrogen-bond donors (Lipinski definition) is 0. The van der Waals surface area contributed by atoms with Gasteiger partial charge in [0.25, 0.3) is 0 Å². The minimum atomic E-state index is -0.463.